The van der Waals surface area contributed by atoms with Crippen LogP contribution < -0.4 is 10.5 Å². The molecule has 0 saturated carbocycles. The van der Waals surface area contributed by atoms with E-state index in [1.165, 1.54) is 5.56 Å². The number of nitrogen functional groups attached to an aromatic ring is 1. The van der Waals surface area contributed by atoms with Crippen LogP contribution in [0.1, 0.15) is 42.8 Å². The summed E-state index contributed by atoms with van der Waals surface area (Å²) < 4.78 is 15.4. The van der Waals surface area contributed by atoms with E-state index in [0.717, 1.165) is 11.3 Å². The Kier molecular flexibility index (Phi) is 5.73. The van der Waals surface area contributed by atoms with Gasteiger partial charge in [-0.15, -0.1) is 11.3 Å². The smallest absolute Gasteiger partial charge is 0.123 e. The van der Waals surface area contributed by atoms with Gasteiger partial charge in [0.1, 0.15) is 5.84 Å². The maximum Gasteiger partial charge on any atom is 0.123 e. The van der Waals surface area contributed by atoms with Crippen molar-refractivity contribution in [3.05, 3.63) is 57.8 Å². The van der Waals surface area contributed by atoms with Crippen LogP contribution in [0.4, 0.5) is 0 Å². The molecule has 0 unspecified atom stereocenters. The van der Waals surface area contributed by atoms with E-state index in [1.54, 1.807) is 11.3 Å². The largest absolute Gasteiger partial charge is 0.384 e. The highest BCUT2D eigenvalue weighted by Crippen LogP contribution is 2.27. The molecule has 0 saturated heterocycles. The highest BCUT2D eigenvalue weighted by atomic mass is 32.2. The average molecular weight is 350 g/mol. The van der Waals surface area contributed by atoms with E-state index in [1.807, 2.05) is 50.4 Å². The van der Waals surface area contributed by atoms with Crippen LogP contribution in [0.3, 0.4) is 0 Å². The van der Waals surface area contributed by atoms with Crippen LogP contribution in [0.2, 0.25) is 0 Å². The molecule has 0 spiro atoms. The molecular weight excluding hydrogens is 326 g/mol. The number of nitrogens with one attached hydrogen (secondary N) is 2. The van der Waals surface area contributed by atoms with Crippen molar-refractivity contribution in [3.63, 3.8) is 0 Å². The maximum atomic E-state index is 12.5. The van der Waals surface area contributed by atoms with E-state index in [0.29, 0.717) is 5.56 Å². The molecule has 4 nitrogen and oxygen atoms in total. The number of hydrogen-bond acceptors (Lipinski definition) is 3. The average Bonchev–Trinajstić information content (AvgIpc) is 2.96. The summed E-state index contributed by atoms with van der Waals surface area (Å²) in [5, 5.41) is 9.43. The molecule has 0 aliphatic rings. The Hall–Kier alpha value is -1.50. The number of benzene rings is 1. The molecule has 0 fully saturated rings. The van der Waals surface area contributed by atoms with Crippen molar-refractivity contribution in [3.8, 4) is 0 Å². The van der Waals surface area contributed by atoms with Crippen LogP contribution in [0, 0.1) is 5.41 Å². The molecule has 4 N–H and O–H groups in total. The third-order valence-corrected chi connectivity index (χ3v) is 6.02. The van der Waals surface area contributed by atoms with Crippen molar-refractivity contribution in [2.24, 2.45) is 5.73 Å². The molecule has 0 aliphatic heterocycles. The third kappa shape index (κ3) is 4.99. The van der Waals surface area contributed by atoms with Gasteiger partial charge >= 0.3 is 0 Å². The van der Waals surface area contributed by atoms with Crippen LogP contribution in [0.15, 0.2) is 41.8 Å². The Morgan fingerprint density at radius 2 is 2.00 bits per heavy atom. The van der Waals surface area contributed by atoms with Crippen molar-refractivity contribution in [1.29, 1.82) is 5.41 Å². The molecule has 2 aromatic rings. The Labute approximate surface area is 144 Å². The van der Waals surface area contributed by atoms with Crippen molar-refractivity contribution in [1.82, 2.24) is 4.72 Å². The van der Waals surface area contributed by atoms with E-state index in [9.17, 15) is 4.21 Å². The van der Waals surface area contributed by atoms with Crippen molar-refractivity contribution >= 4 is 28.2 Å². The second kappa shape index (κ2) is 7.38. The first-order chi connectivity index (χ1) is 10.8. The molecule has 0 bridgehead atoms. The van der Waals surface area contributed by atoms with Crippen LogP contribution in [-0.2, 0) is 17.4 Å². The first kappa shape index (κ1) is 17.8. The molecule has 0 amide bonds. The second-order valence-electron chi connectivity index (χ2n) is 6.39. The zero-order chi connectivity index (χ0) is 17.0. The maximum absolute atomic E-state index is 12.5. The highest BCUT2D eigenvalue weighted by Gasteiger charge is 2.25. The van der Waals surface area contributed by atoms with Gasteiger partial charge in [0.05, 0.1) is 21.8 Å². The zero-order valence-corrected chi connectivity index (χ0v) is 15.3. The molecule has 2 atom stereocenters. The first-order valence-electron chi connectivity index (χ1n) is 7.42. The summed E-state index contributed by atoms with van der Waals surface area (Å²) in [6, 6.07) is 12.0. The van der Waals surface area contributed by atoms with Crippen LogP contribution >= 0.6 is 11.3 Å². The van der Waals surface area contributed by atoms with Gasteiger partial charge in [0.2, 0.25) is 0 Å². The zero-order valence-electron chi connectivity index (χ0n) is 13.6. The molecule has 1 aromatic carbocycles. The standard InChI is InChI=1S/C17H23N3OS2/c1-17(2,3)23(21)20-14(9-12-7-5-4-6-8-12)15-10-13(11-22-15)16(18)19/h4-8,10-11,14,20H,9H2,1-3H3,(H3,18,19)/t14-,23+/m1/s1. The Morgan fingerprint density at radius 1 is 1.35 bits per heavy atom. The summed E-state index contributed by atoms with van der Waals surface area (Å²) in [7, 11) is -1.17. The lowest BCUT2D eigenvalue weighted by atomic mass is 10.1. The summed E-state index contributed by atoms with van der Waals surface area (Å²) in [4.78, 5) is 1.04. The molecule has 124 valence electrons. The number of rotatable bonds is 6. The summed E-state index contributed by atoms with van der Waals surface area (Å²) in [5.41, 5.74) is 7.45. The van der Waals surface area contributed by atoms with E-state index >= 15 is 0 Å². The molecule has 0 aliphatic carbocycles. The summed E-state index contributed by atoms with van der Waals surface area (Å²) in [6.45, 7) is 5.85. The van der Waals surface area contributed by atoms with Gasteiger partial charge in [0.15, 0.2) is 0 Å². The lowest BCUT2D eigenvalue weighted by molar-refractivity contribution is 0.601. The summed E-state index contributed by atoms with van der Waals surface area (Å²) >= 11 is 1.54. The van der Waals surface area contributed by atoms with E-state index in [-0.39, 0.29) is 16.6 Å². The number of hydrogen-bond donors (Lipinski definition) is 3. The van der Waals surface area contributed by atoms with Gasteiger partial charge in [-0.25, -0.2) is 8.93 Å². The van der Waals surface area contributed by atoms with Crippen molar-refractivity contribution in [2.75, 3.05) is 0 Å². The SMILES string of the molecule is CC(C)(C)[S@](=O)N[C@H](Cc1ccccc1)c1cc(C(=N)N)cs1. The van der Waals surface area contributed by atoms with Crippen LogP contribution in [-0.4, -0.2) is 14.8 Å². The number of nitrogens with two attached hydrogens (primary N) is 1. The highest BCUT2D eigenvalue weighted by molar-refractivity contribution is 7.84. The fourth-order valence-electron chi connectivity index (χ4n) is 2.03. The topological polar surface area (TPSA) is 79.0 Å². The molecule has 1 heterocycles. The minimum Gasteiger partial charge on any atom is -0.384 e. The van der Waals surface area contributed by atoms with Gasteiger partial charge in [-0.1, -0.05) is 30.3 Å². The Balaban J connectivity index is 2.26. The van der Waals surface area contributed by atoms with Crippen LogP contribution in [0.25, 0.3) is 0 Å². The molecule has 23 heavy (non-hydrogen) atoms. The summed E-state index contributed by atoms with van der Waals surface area (Å²) in [5.74, 6) is 0.0582. The van der Waals surface area contributed by atoms with Crippen molar-refractivity contribution in [2.45, 2.75) is 38.0 Å². The Morgan fingerprint density at radius 3 is 2.52 bits per heavy atom. The quantitative estimate of drug-likeness (QED) is 0.552. The molecule has 6 heteroatoms. The van der Waals surface area contributed by atoms with Gasteiger partial charge in [-0.3, -0.25) is 5.41 Å². The van der Waals surface area contributed by atoms with E-state index in [4.69, 9.17) is 11.1 Å². The predicted molar refractivity (Wildman–Crippen MR) is 99.3 cm³/mol. The first-order valence-corrected chi connectivity index (χ1v) is 9.45. The Bertz CT molecular complexity index is 689. The number of thiophene rings is 1. The monoisotopic (exact) mass is 349 g/mol. The third-order valence-electron chi connectivity index (χ3n) is 3.36. The lowest BCUT2D eigenvalue weighted by Crippen LogP contribution is -2.36. The minimum absolute atomic E-state index is 0.0582. The normalized spacial score (nSPS) is 14.4. The number of amidine groups is 1. The second-order valence-corrected chi connectivity index (χ2v) is 9.33. The molecule has 2 rings (SSSR count). The van der Waals surface area contributed by atoms with Gasteiger partial charge in [0.25, 0.3) is 0 Å². The van der Waals surface area contributed by atoms with E-state index in [2.05, 4.69) is 16.9 Å². The molecule has 0 radical (unpaired) electrons. The fourth-order valence-corrected chi connectivity index (χ4v) is 3.89. The van der Waals surface area contributed by atoms with Gasteiger partial charge in [-0.2, -0.15) is 0 Å². The fraction of sp³-hybridized carbons (Fsp3) is 0.353. The predicted octanol–water partition coefficient (Wildman–Crippen LogP) is 3.37. The minimum atomic E-state index is -1.17. The van der Waals surface area contributed by atoms with Crippen molar-refractivity contribution < 1.29 is 4.21 Å². The van der Waals surface area contributed by atoms with Gasteiger partial charge < -0.3 is 5.73 Å². The van der Waals surface area contributed by atoms with Gasteiger partial charge in [-0.05, 0) is 38.8 Å². The van der Waals surface area contributed by atoms with Crippen LogP contribution in [0.5, 0.6) is 0 Å². The summed E-state index contributed by atoms with van der Waals surface area (Å²) in [6.07, 6.45) is 0.737. The lowest BCUT2D eigenvalue weighted by Gasteiger charge is -2.24. The van der Waals surface area contributed by atoms with E-state index < -0.39 is 11.0 Å². The molecular formula is C17H23N3OS2. The van der Waals surface area contributed by atoms with Gasteiger partial charge in [0, 0.05) is 15.8 Å². The molecule has 1 aromatic heterocycles.